The first-order valence-electron chi connectivity index (χ1n) is 9.06. The lowest BCUT2D eigenvalue weighted by atomic mass is 10.2. The number of nitrogens with one attached hydrogen (secondary N) is 1. The summed E-state index contributed by atoms with van der Waals surface area (Å²) in [4.78, 5) is 30.3. The van der Waals surface area contributed by atoms with Crippen molar-refractivity contribution in [2.75, 3.05) is 29.9 Å². The lowest BCUT2D eigenvalue weighted by molar-refractivity contribution is -0.119. The number of ether oxygens (including phenoxy) is 1. The second-order valence-electron chi connectivity index (χ2n) is 6.61. The number of hydrogen-bond acceptors (Lipinski definition) is 6. The van der Waals surface area contributed by atoms with E-state index in [0.717, 1.165) is 34.1 Å². The molecule has 4 rings (SSSR count). The number of amides is 2. The van der Waals surface area contributed by atoms with Crippen molar-refractivity contribution in [1.82, 2.24) is 4.98 Å². The van der Waals surface area contributed by atoms with Crippen molar-refractivity contribution in [3.63, 3.8) is 0 Å². The number of benzene rings is 2. The Kier molecular flexibility index (Phi) is 5.12. The number of nitrogens with two attached hydrogens (primary N) is 1. The van der Waals surface area contributed by atoms with Crippen LogP contribution in [-0.2, 0) is 4.79 Å². The third-order valence-electron chi connectivity index (χ3n) is 4.51. The predicted molar refractivity (Wildman–Crippen MR) is 110 cm³/mol. The topological polar surface area (TPSA) is 97.6 Å². The van der Waals surface area contributed by atoms with Crippen molar-refractivity contribution in [3.05, 3.63) is 48.0 Å². The Balaban J connectivity index is 1.44. The van der Waals surface area contributed by atoms with Crippen LogP contribution in [0.3, 0.4) is 0 Å². The summed E-state index contributed by atoms with van der Waals surface area (Å²) in [7, 11) is 0. The number of nitrogens with zero attached hydrogens (tertiary/aromatic N) is 2. The van der Waals surface area contributed by atoms with Crippen LogP contribution in [0.5, 0.6) is 5.75 Å². The Labute approximate surface area is 166 Å². The third kappa shape index (κ3) is 4.07. The number of carbonyl (C=O) groups is 2. The number of primary amides is 1. The van der Waals surface area contributed by atoms with E-state index in [4.69, 9.17) is 15.5 Å². The van der Waals surface area contributed by atoms with Crippen LogP contribution >= 0.6 is 11.3 Å². The molecule has 144 valence electrons. The molecule has 1 aromatic heterocycles. The second-order valence-corrected chi connectivity index (χ2v) is 7.62. The molecule has 0 radical (unpaired) electrons. The molecule has 0 aliphatic carbocycles. The number of aromatic nitrogens is 1. The van der Waals surface area contributed by atoms with Crippen molar-refractivity contribution in [2.45, 2.75) is 12.8 Å². The molecular formula is C20H20N4O3S. The molecule has 0 atom stereocenters. The number of rotatable bonds is 6. The van der Waals surface area contributed by atoms with E-state index in [-0.39, 0.29) is 12.5 Å². The quantitative estimate of drug-likeness (QED) is 0.667. The standard InChI is InChI=1S/C20H20N4O3S/c21-18(25)12-27-15-6-3-13(4-7-15)19(26)22-14-5-8-16-17(11-14)28-20(23-16)24-9-1-2-10-24/h3-8,11H,1-2,9-10,12H2,(H2,21,25)(H,22,26). The van der Waals surface area contributed by atoms with Crippen LogP contribution < -0.4 is 20.7 Å². The summed E-state index contributed by atoms with van der Waals surface area (Å²) in [6.07, 6.45) is 2.42. The minimum absolute atomic E-state index is 0.195. The molecule has 0 spiro atoms. The van der Waals surface area contributed by atoms with Gasteiger partial charge in [0.15, 0.2) is 11.7 Å². The molecule has 1 fully saturated rings. The molecular weight excluding hydrogens is 376 g/mol. The highest BCUT2D eigenvalue weighted by Crippen LogP contribution is 2.32. The van der Waals surface area contributed by atoms with Crippen LogP contribution in [0, 0.1) is 0 Å². The highest BCUT2D eigenvalue weighted by Gasteiger charge is 2.16. The van der Waals surface area contributed by atoms with Gasteiger partial charge in [0.2, 0.25) is 0 Å². The summed E-state index contributed by atoms with van der Waals surface area (Å²) in [5.41, 5.74) is 7.21. The molecule has 1 aliphatic heterocycles. The Bertz CT molecular complexity index is 1010. The van der Waals surface area contributed by atoms with Crippen molar-refractivity contribution >= 4 is 44.2 Å². The Morgan fingerprint density at radius 1 is 1.14 bits per heavy atom. The van der Waals surface area contributed by atoms with Gasteiger partial charge in [-0.2, -0.15) is 0 Å². The SMILES string of the molecule is NC(=O)COc1ccc(C(=O)Nc2ccc3nc(N4CCCC4)sc3c2)cc1. The van der Waals surface area contributed by atoms with E-state index < -0.39 is 5.91 Å². The van der Waals surface area contributed by atoms with E-state index in [1.807, 2.05) is 18.2 Å². The van der Waals surface area contributed by atoms with E-state index in [1.54, 1.807) is 35.6 Å². The third-order valence-corrected chi connectivity index (χ3v) is 5.59. The van der Waals surface area contributed by atoms with Crippen molar-refractivity contribution in [3.8, 4) is 5.75 Å². The van der Waals surface area contributed by atoms with Gasteiger partial charge >= 0.3 is 0 Å². The van der Waals surface area contributed by atoms with Gasteiger partial charge in [-0.15, -0.1) is 0 Å². The maximum Gasteiger partial charge on any atom is 0.255 e. The van der Waals surface area contributed by atoms with Gasteiger partial charge in [0.05, 0.1) is 10.2 Å². The summed E-state index contributed by atoms with van der Waals surface area (Å²) in [6.45, 7) is 1.92. The Hall–Kier alpha value is -3.13. The van der Waals surface area contributed by atoms with Crippen LogP contribution in [0.1, 0.15) is 23.2 Å². The van der Waals surface area contributed by atoms with E-state index in [1.165, 1.54) is 12.8 Å². The highest BCUT2D eigenvalue weighted by molar-refractivity contribution is 7.22. The number of fused-ring (bicyclic) bond motifs is 1. The fraction of sp³-hybridized carbons (Fsp3) is 0.250. The zero-order valence-electron chi connectivity index (χ0n) is 15.2. The summed E-state index contributed by atoms with van der Waals surface area (Å²) >= 11 is 1.65. The van der Waals surface area contributed by atoms with Crippen LogP contribution in [0.4, 0.5) is 10.8 Å². The first kappa shape index (κ1) is 18.2. The molecule has 1 aliphatic rings. The Morgan fingerprint density at radius 2 is 1.89 bits per heavy atom. The molecule has 2 amide bonds. The average molecular weight is 396 g/mol. The number of carbonyl (C=O) groups excluding carboxylic acids is 2. The molecule has 8 heteroatoms. The molecule has 0 saturated carbocycles. The average Bonchev–Trinajstić information content (AvgIpc) is 3.35. The van der Waals surface area contributed by atoms with Crippen molar-refractivity contribution in [2.24, 2.45) is 5.73 Å². The van der Waals surface area contributed by atoms with Gasteiger partial charge in [0.1, 0.15) is 5.75 Å². The summed E-state index contributed by atoms with van der Waals surface area (Å²) in [6, 6.07) is 12.3. The van der Waals surface area contributed by atoms with E-state index in [9.17, 15) is 9.59 Å². The molecule has 0 bridgehead atoms. The minimum Gasteiger partial charge on any atom is -0.484 e. The van der Waals surface area contributed by atoms with Crippen molar-refractivity contribution < 1.29 is 14.3 Å². The molecule has 2 aromatic carbocycles. The maximum absolute atomic E-state index is 12.5. The first-order chi connectivity index (χ1) is 13.6. The molecule has 28 heavy (non-hydrogen) atoms. The molecule has 3 aromatic rings. The Morgan fingerprint density at radius 3 is 2.61 bits per heavy atom. The molecule has 1 saturated heterocycles. The van der Waals surface area contributed by atoms with E-state index >= 15 is 0 Å². The van der Waals surface area contributed by atoms with E-state index in [0.29, 0.717) is 11.3 Å². The number of hydrogen-bond donors (Lipinski definition) is 2. The first-order valence-corrected chi connectivity index (χ1v) is 9.88. The maximum atomic E-state index is 12.5. The lowest BCUT2D eigenvalue weighted by Crippen LogP contribution is -2.20. The van der Waals surface area contributed by atoms with Crippen molar-refractivity contribution in [1.29, 1.82) is 0 Å². The van der Waals surface area contributed by atoms with Crippen LogP contribution in [0.2, 0.25) is 0 Å². The largest absolute Gasteiger partial charge is 0.484 e. The van der Waals surface area contributed by atoms with Crippen LogP contribution in [0.15, 0.2) is 42.5 Å². The van der Waals surface area contributed by atoms with Crippen LogP contribution in [0.25, 0.3) is 10.2 Å². The second kappa shape index (κ2) is 7.85. The van der Waals surface area contributed by atoms with Gasteiger partial charge in [-0.3, -0.25) is 9.59 Å². The summed E-state index contributed by atoms with van der Waals surface area (Å²) < 4.78 is 6.25. The fourth-order valence-corrected chi connectivity index (χ4v) is 4.15. The highest BCUT2D eigenvalue weighted by atomic mass is 32.1. The smallest absolute Gasteiger partial charge is 0.255 e. The predicted octanol–water partition coefficient (Wildman–Crippen LogP) is 3.01. The van der Waals surface area contributed by atoms with Gasteiger partial charge in [-0.25, -0.2) is 4.98 Å². The molecule has 3 N–H and O–H groups in total. The van der Waals surface area contributed by atoms with Gasteiger partial charge in [0, 0.05) is 24.3 Å². The van der Waals surface area contributed by atoms with Gasteiger partial charge in [-0.1, -0.05) is 11.3 Å². The van der Waals surface area contributed by atoms with Gasteiger partial charge in [0.25, 0.3) is 11.8 Å². The van der Waals surface area contributed by atoms with E-state index in [2.05, 4.69) is 10.2 Å². The minimum atomic E-state index is -0.548. The monoisotopic (exact) mass is 396 g/mol. The summed E-state index contributed by atoms with van der Waals surface area (Å²) in [5, 5.41) is 3.95. The molecule has 7 nitrogen and oxygen atoms in total. The molecule has 2 heterocycles. The van der Waals surface area contributed by atoms with Gasteiger partial charge in [-0.05, 0) is 55.3 Å². The lowest BCUT2D eigenvalue weighted by Gasteiger charge is -2.11. The molecule has 0 unspecified atom stereocenters. The zero-order chi connectivity index (χ0) is 19.5. The normalized spacial score (nSPS) is 13.6. The number of thiazole rings is 1. The summed E-state index contributed by atoms with van der Waals surface area (Å²) in [5.74, 6) is -0.283. The van der Waals surface area contributed by atoms with Gasteiger partial charge < -0.3 is 20.7 Å². The van der Waals surface area contributed by atoms with Crippen LogP contribution in [-0.4, -0.2) is 36.5 Å². The zero-order valence-corrected chi connectivity index (χ0v) is 16.0. The fourth-order valence-electron chi connectivity index (χ4n) is 3.09. The number of anilines is 2.